The Labute approximate surface area is 309 Å². The molecule has 0 bridgehead atoms. The van der Waals surface area contributed by atoms with Gasteiger partial charge in [0.2, 0.25) is 0 Å². The number of fused-ring (bicyclic) bond motifs is 5. The predicted molar refractivity (Wildman–Crippen MR) is 207 cm³/mol. The molecule has 2 aromatic carbocycles. The molecule has 7 rings (SSSR count). The fraction of sp³-hybridized carbons (Fsp3) is 0.702. The summed E-state index contributed by atoms with van der Waals surface area (Å²) in [5.41, 5.74) is 2.87. The minimum Gasteiger partial charge on any atom is -0.371 e. The Bertz CT molecular complexity index is 1580. The maximum atomic E-state index is 15.1. The van der Waals surface area contributed by atoms with Crippen molar-refractivity contribution < 1.29 is 19.1 Å². The van der Waals surface area contributed by atoms with Crippen LogP contribution in [-0.4, -0.2) is 35.0 Å². The Kier molecular flexibility index (Phi) is 8.60. The standard InChI is InChI=1S/C47H66O4/c1-29-21-23-35-43(9,10)46(35,39(29)50-41(3,4)5)37(48)25-27-45(33-19-15-13-17-31(33)32-18-14-16-20-34(32)45)28-26-38(49)47-36(44(47,11)12)24-22-30(2)40(47)51-42(6,7)8/h13-20,29-30,35-36,39-40H,21-28H2,1-12H3. The third-order valence-corrected chi connectivity index (χ3v) is 15.2. The Hall–Kier alpha value is -2.30. The molecular formula is C47H66O4. The summed E-state index contributed by atoms with van der Waals surface area (Å²) in [7, 11) is 0. The average molecular weight is 695 g/mol. The number of Topliss-reactive ketones (excluding diaryl/α,β-unsaturated/α-hetero) is 2. The quantitative estimate of drug-likeness (QED) is 0.248. The third kappa shape index (κ3) is 5.25. The van der Waals surface area contributed by atoms with Gasteiger partial charge in [-0.1, -0.05) is 90.1 Å². The molecule has 0 aliphatic heterocycles. The molecular weight excluding hydrogens is 629 g/mol. The largest absolute Gasteiger partial charge is 0.371 e. The number of ketones is 2. The number of hydrogen-bond acceptors (Lipinski definition) is 4. The third-order valence-electron chi connectivity index (χ3n) is 15.2. The van der Waals surface area contributed by atoms with Gasteiger partial charge in [-0.15, -0.1) is 0 Å². The summed E-state index contributed by atoms with van der Waals surface area (Å²) >= 11 is 0. The molecule has 0 amide bonds. The zero-order chi connectivity index (χ0) is 37.2. The number of carbonyl (C=O) groups excluding carboxylic acids is 2. The van der Waals surface area contributed by atoms with Crippen molar-refractivity contribution in [3.8, 4) is 11.1 Å². The van der Waals surface area contributed by atoms with Gasteiger partial charge in [0, 0.05) is 18.3 Å². The minimum atomic E-state index is -0.466. The molecule has 4 heteroatoms. The van der Waals surface area contributed by atoms with Crippen LogP contribution in [0.15, 0.2) is 48.5 Å². The van der Waals surface area contributed by atoms with Crippen LogP contribution in [-0.2, 0) is 24.5 Å². The van der Waals surface area contributed by atoms with Gasteiger partial charge < -0.3 is 9.47 Å². The lowest BCUT2D eigenvalue weighted by atomic mass is 9.66. The zero-order valence-corrected chi connectivity index (χ0v) is 33.9. The molecule has 4 saturated carbocycles. The van der Waals surface area contributed by atoms with Crippen molar-refractivity contribution >= 4 is 11.6 Å². The van der Waals surface area contributed by atoms with Crippen LogP contribution in [0, 0.1) is 45.3 Å². The van der Waals surface area contributed by atoms with Crippen LogP contribution >= 0.6 is 0 Å². The molecule has 278 valence electrons. The first-order valence-electron chi connectivity index (χ1n) is 20.3. The zero-order valence-electron chi connectivity index (χ0n) is 33.9. The van der Waals surface area contributed by atoms with E-state index in [0.29, 0.717) is 60.9 Å². The molecule has 8 atom stereocenters. The van der Waals surface area contributed by atoms with Crippen LogP contribution in [0.3, 0.4) is 0 Å². The molecule has 2 aromatic rings. The second kappa shape index (κ2) is 11.8. The lowest BCUT2D eigenvalue weighted by molar-refractivity contribution is -0.156. The van der Waals surface area contributed by atoms with E-state index in [0.717, 1.165) is 25.7 Å². The second-order valence-corrected chi connectivity index (χ2v) is 20.7. The maximum Gasteiger partial charge on any atom is 0.142 e. The molecule has 4 fully saturated rings. The molecule has 4 nitrogen and oxygen atoms in total. The van der Waals surface area contributed by atoms with E-state index in [2.05, 4.69) is 132 Å². The summed E-state index contributed by atoms with van der Waals surface area (Å²) in [5, 5.41) is 0. The van der Waals surface area contributed by atoms with Crippen LogP contribution in [0.2, 0.25) is 0 Å². The predicted octanol–water partition coefficient (Wildman–Crippen LogP) is 11.2. The van der Waals surface area contributed by atoms with Gasteiger partial charge in [0.15, 0.2) is 0 Å². The van der Waals surface area contributed by atoms with Crippen molar-refractivity contribution in [1.29, 1.82) is 0 Å². The SMILES string of the molecule is CC1CCC2C(C)(C)C2(C(=O)CCC2(CCC(=O)C34C(OC(C)(C)C)C(C)CCC3C4(C)C)c3ccccc3-c3ccccc32)C1OC(C)(C)C. The Morgan fingerprint density at radius 2 is 0.961 bits per heavy atom. The number of hydrogen-bond donors (Lipinski definition) is 0. The van der Waals surface area contributed by atoms with Crippen molar-refractivity contribution in [3.63, 3.8) is 0 Å². The highest BCUT2D eigenvalue weighted by atomic mass is 16.5. The van der Waals surface area contributed by atoms with E-state index < -0.39 is 16.2 Å². The van der Waals surface area contributed by atoms with E-state index in [1.54, 1.807) is 0 Å². The summed E-state index contributed by atoms with van der Waals surface area (Å²) in [6.07, 6.45) is 6.59. The Morgan fingerprint density at radius 3 is 1.31 bits per heavy atom. The molecule has 0 aromatic heterocycles. The smallest absolute Gasteiger partial charge is 0.142 e. The molecule has 51 heavy (non-hydrogen) atoms. The van der Waals surface area contributed by atoms with E-state index in [4.69, 9.17) is 9.47 Å². The fourth-order valence-electron chi connectivity index (χ4n) is 12.9. The fourth-order valence-corrected chi connectivity index (χ4v) is 12.9. The van der Waals surface area contributed by atoms with Gasteiger partial charge in [0.05, 0.1) is 34.2 Å². The summed E-state index contributed by atoms with van der Waals surface area (Å²) < 4.78 is 13.7. The molecule has 5 aliphatic carbocycles. The monoisotopic (exact) mass is 694 g/mol. The van der Waals surface area contributed by atoms with Gasteiger partial charge in [0.1, 0.15) is 11.6 Å². The van der Waals surface area contributed by atoms with E-state index in [-0.39, 0.29) is 34.2 Å². The maximum absolute atomic E-state index is 15.1. The van der Waals surface area contributed by atoms with Crippen molar-refractivity contribution in [2.24, 2.45) is 45.3 Å². The molecule has 0 heterocycles. The van der Waals surface area contributed by atoms with Crippen LogP contribution in [0.1, 0.15) is 146 Å². The van der Waals surface area contributed by atoms with Crippen molar-refractivity contribution in [2.45, 2.75) is 163 Å². The topological polar surface area (TPSA) is 52.6 Å². The first-order valence-corrected chi connectivity index (χ1v) is 20.3. The van der Waals surface area contributed by atoms with Gasteiger partial charge in [0.25, 0.3) is 0 Å². The number of rotatable bonds is 10. The highest BCUT2D eigenvalue weighted by molar-refractivity contribution is 5.93. The highest BCUT2D eigenvalue weighted by Gasteiger charge is 2.80. The van der Waals surface area contributed by atoms with Gasteiger partial charge in [-0.2, -0.15) is 0 Å². The van der Waals surface area contributed by atoms with Crippen LogP contribution in [0.4, 0.5) is 0 Å². The van der Waals surface area contributed by atoms with Gasteiger partial charge >= 0.3 is 0 Å². The summed E-state index contributed by atoms with van der Waals surface area (Å²) in [6, 6.07) is 17.6. The first kappa shape index (κ1) is 37.0. The van der Waals surface area contributed by atoms with Crippen molar-refractivity contribution in [2.75, 3.05) is 0 Å². The highest BCUT2D eigenvalue weighted by Crippen LogP contribution is 2.78. The number of carbonyl (C=O) groups is 2. The molecule has 0 N–H and O–H groups in total. The molecule has 5 aliphatic rings. The first-order chi connectivity index (χ1) is 23.7. The summed E-state index contributed by atoms with van der Waals surface area (Å²) in [5.74, 6) is 2.10. The van der Waals surface area contributed by atoms with E-state index >= 15 is 9.59 Å². The average Bonchev–Trinajstić information content (AvgIpc) is 3.72. The second-order valence-electron chi connectivity index (χ2n) is 20.7. The van der Waals surface area contributed by atoms with E-state index in [1.807, 2.05) is 0 Å². The Morgan fingerprint density at radius 1 is 0.608 bits per heavy atom. The normalized spacial score (nSPS) is 35.2. The van der Waals surface area contributed by atoms with Crippen molar-refractivity contribution in [1.82, 2.24) is 0 Å². The van der Waals surface area contributed by atoms with Crippen LogP contribution in [0.25, 0.3) is 11.1 Å². The van der Waals surface area contributed by atoms with Crippen LogP contribution in [0.5, 0.6) is 0 Å². The van der Waals surface area contributed by atoms with Crippen LogP contribution < -0.4 is 0 Å². The lowest BCUT2D eigenvalue weighted by Crippen LogP contribution is -2.47. The summed E-state index contributed by atoms with van der Waals surface area (Å²) in [4.78, 5) is 30.2. The molecule has 0 radical (unpaired) electrons. The summed E-state index contributed by atoms with van der Waals surface area (Å²) in [6.45, 7) is 26.6. The lowest BCUT2D eigenvalue weighted by Gasteiger charge is -2.42. The Balaban J connectivity index is 1.25. The van der Waals surface area contributed by atoms with Gasteiger partial charge in [-0.25, -0.2) is 0 Å². The minimum absolute atomic E-state index is 0.0828. The molecule has 8 unspecified atom stereocenters. The van der Waals surface area contributed by atoms with Crippen molar-refractivity contribution in [3.05, 3.63) is 59.7 Å². The number of ether oxygens (including phenoxy) is 2. The van der Waals surface area contributed by atoms with Gasteiger partial charge in [-0.05, 0) is 137 Å². The van der Waals surface area contributed by atoms with E-state index in [1.165, 1.54) is 22.3 Å². The molecule has 0 spiro atoms. The number of benzene rings is 2. The molecule has 0 saturated heterocycles. The van der Waals surface area contributed by atoms with E-state index in [9.17, 15) is 0 Å². The van der Waals surface area contributed by atoms with Gasteiger partial charge in [-0.3, -0.25) is 9.59 Å².